The molecule has 0 aliphatic heterocycles. The average molecular weight is 232 g/mol. The van der Waals surface area contributed by atoms with Crippen LogP contribution < -0.4 is 0 Å². The van der Waals surface area contributed by atoms with E-state index in [9.17, 15) is 4.39 Å². The summed E-state index contributed by atoms with van der Waals surface area (Å²) in [7, 11) is 0. The molecule has 2 N–H and O–H groups in total. The first-order valence-corrected chi connectivity index (χ1v) is 3.67. The van der Waals surface area contributed by atoms with Crippen LogP contribution in [0, 0.1) is 17.1 Å². The number of nitrogens with zero attached hydrogens (tertiary/aromatic N) is 1. The quantitative estimate of drug-likeness (QED) is 0.671. The Morgan fingerprint density at radius 3 is 2.50 bits per heavy atom. The fourth-order valence-corrected chi connectivity index (χ4v) is 1.10. The summed E-state index contributed by atoms with van der Waals surface area (Å²) < 4.78 is 12.7. The standard InChI is InChI=1S/C7H3BrFNO2/c8-4-1-3(2-10)6(11)7(12)5(4)9/h1,11-12H. The van der Waals surface area contributed by atoms with Crippen LogP contribution in [-0.2, 0) is 0 Å². The average Bonchev–Trinajstić information content (AvgIpc) is 2.08. The van der Waals surface area contributed by atoms with Gasteiger partial charge in [-0.15, -0.1) is 0 Å². The van der Waals surface area contributed by atoms with Gasteiger partial charge in [0.05, 0.1) is 10.0 Å². The number of hydrogen-bond acceptors (Lipinski definition) is 3. The molecular weight excluding hydrogens is 229 g/mol. The summed E-state index contributed by atoms with van der Waals surface area (Å²) in [6.45, 7) is 0. The molecule has 1 aromatic rings. The Labute approximate surface area is 75.8 Å². The molecule has 0 spiro atoms. The second-order valence-electron chi connectivity index (χ2n) is 2.03. The van der Waals surface area contributed by atoms with Gasteiger partial charge in [0, 0.05) is 0 Å². The monoisotopic (exact) mass is 231 g/mol. The van der Waals surface area contributed by atoms with Crippen molar-refractivity contribution in [2.45, 2.75) is 0 Å². The molecule has 3 nitrogen and oxygen atoms in total. The number of halogens is 2. The van der Waals surface area contributed by atoms with E-state index in [2.05, 4.69) is 15.9 Å². The maximum Gasteiger partial charge on any atom is 0.196 e. The molecule has 1 rings (SSSR count). The first-order chi connectivity index (χ1) is 5.57. The van der Waals surface area contributed by atoms with Crippen LogP contribution in [0.15, 0.2) is 10.5 Å². The van der Waals surface area contributed by atoms with Gasteiger partial charge in [0.1, 0.15) is 6.07 Å². The number of rotatable bonds is 0. The van der Waals surface area contributed by atoms with E-state index in [0.29, 0.717) is 0 Å². The Balaban J connectivity index is 3.52. The maximum atomic E-state index is 12.7. The fourth-order valence-electron chi connectivity index (χ4n) is 0.688. The van der Waals surface area contributed by atoms with Gasteiger partial charge in [-0.05, 0) is 22.0 Å². The van der Waals surface area contributed by atoms with Gasteiger partial charge in [-0.2, -0.15) is 5.26 Å². The number of phenols is 2. The highest BCUT2D eigenvalue weighted by Crippen LogP contribution is 2.35. The topological polar surface area (TPSA) is 64.2 Å². The molecular formula is C7H3BrFNO2. The largest absolute Gasteiger partial charge is 0.503 e. The smallest absolute Gasteiger partial charge is 0.196 e. The summed E-state index contributed by atoms with van der Waals surface area (Å²) in [5.74, 6) is -2.63. The summed E-state index contributed by atoms with van der Waals surface area (Å²) in [6, 6.07) is 2.69. The van der Waals surface area contributed by atoms with Crippen molar-refractivity contribution < 1.29 is 14.6 Å². The van der Waals surface area contributed by atoms with E-state index in [1.54, 1.807) is 6.07 Å². The van der Waals surface area contributed by atoms with Gasteiger partial charge in [0.15, 0.2) is 17.3 Å². The third-order valence-corrected chi connectivity index (χ3v) is 1.87. The van der Waals surface area contributed by atoms with Crippen molar-refractivity contribution in [3.63, 3.8) is 0 Å². The van der Waals surface area contributed by atoms with E-state index in [1.807, 2.05) is 0 Å². The van der Waals surface area contributed by atoms with Gasteiger partial charge in [0.25, 0.3) is 0 Å². The van der Waals surface area contributed by atoms with Crippen LogP contribution in [0.4, 0.5) is 4.39 Å². The first kappa shape index (κ1) is 8.81. The third kappa shape index (κ3) is 1.21. The van der Waals surface area contributed by atoms with Crippen molar-refractivity contribution in [1.82, 2.24) is 0 Å². The molecule has 0 radical (unpaired) electrons. The van der Waals surface area contributed by atoms with Gasteiger partial charge in [-0.25, -0.2) is 4.39 Å². The second kappa shape index (κ2) is 2.99. The predicted octanol–water partition coefficient (Wildman–Crippen LogP) is 1.87. The third-order valence-electron chi connectivity index (χ3n) is 1.29. The molecule has 0 fully saturated rings. The molecule has 62 valence electrons. The fraction of sp³-hybridized carbons (Fsp3) is 0. The van der Waals surface area contributed by atoms with Gasteiger partial charge < -0.3 is 10.2 Å². The van der Waals surface area contributed by atoms with Crippen molar-refractivity contribution in [3.8, 4) is 17.6 Å². The lowest BCUT2D eigenvalue weighted by molar-refractivity contribution is 0.377. The Bertz CT molecular complexity index is 373. The molecule has 0 atom stereocenters. The van der Waals surface area contributed by atoms with E-state index in [-0.39, 0.29) is 10.0 Å². The van der Waals surface area contributed by atoms with Crippen molar-refractivity contribution >= 4 is 15.9 Å². The van der Waals surface area contributed by atoms with Crippen LogP contribution in [0.3, 0.4) is 0 Å². The summed E-state index contributed by atoms with van der Waals surface area (Å²) in [6.07, 6.45) is 0. The minimum absolute atomic E-state index is 0.0608. The molecule has 12 heavy (non-hydrogen) atoms. The zero-order valence-electron chi connectivity index (χ0n) is 5.67. The normalized spacial score (nSPS) is 9.42. The minimum atomic E-state index is -0.980. The number of benzene rings is 1. The molecule has 0 aliphatic rings. The van der Waals surface area contributed by atoms with Crippen LogP contribution in [0.1, 0.15) is 5.56 Å². The molecule has 5 heteroatoms. The number of nitriles is 1. The number of phenolic OH excluding ortho intramolecular Hbond substituents is 2. The van der Waals surface area contributed by atoms with E-state index in [4.69, 9.17) is 15.5 Å². The van der Waals surface area contributed by atoms with E-state index >= 15 is 0 Å². The molecule has 1 aromatic carbocycles. The Morgan fingerprint density at radius 2 is 2.00 bits per heavy atom. The molecule has 0 aromatic heterocycles. The minimum Gasteiger partial charge on any atom is -0.503 e. The van der Waals surface area contributed by atoms with Crippen LogP contribution in [0.2, 0.25) is 0 Å². The molecule has 0 saturated heterocycles. The molecule has 0 aliphatic carbocycles. The molecule has 0 amide bonds. The summed E-state index contributed by atoms with van der Waals surface area (Å²) >= 11 is 2.77. The number of aromatic hydroxyl groups is 2. The lowest BCUT2D eigenvalue weighted by atomic mass is 10.2. The van der Waals surface area contributed by atoms with Gasteiger partial charge in [0.2, 0.25) is 0 Å². The second-order valence-corrected chi connectivity index (χ2v) is 2.88. The molecule has 0 saturated carbocycles. The van der Waals surface area contributed by atoms with Crippen molar-refractivity contribution in [1.29, 1.82) is 5.26 Å². The van der Waals surface area contributed by atoms with E-state index in [0.717, 1.165) is 6.07 Å². The lowest BCUT2D eigenvalue weighted by Crippen LogP contribution is -1.84. The van der Waals surface area contributed by atoms with E-state index < -0.39 is 17.3 Å². The Kier molecular flexibility index (Phi) is 2.20. The summed E-state index contributed by atoms with van der Waals surface area (Å²) in [4.78, 5) is 0. The highest BCUT2D eigenvalue weighted by molar-refractivity contribution is 9.10. The Hall–Kier alpha value is -1.28. The summed E-state index contributed by atoms with van der Waals surface area (Å²) in [5, 5.41) is 26.3. The highest BCUT2D eigenvalue weighted by Gasteiger charge is 2.15. The van der Waals surface area contributed by atoms with Gasteiger partial charge in [-0.3, -0.25) is 0 Å². The summed E-state index contributed by atoms with van der Waals surface area (Å²) in [5.41, 5.74) is -0.180. The van der Waals surface area contributed by atoms with Crippen molar-refractivity contribution in [2.24, 2.45) is 0 Å². The van der Waals surface area contributed by atoms with Crippen molar-refractivity contribution in [3.05, 3.63) is 21.9 Å². The van der Waals surface area contributed by atoms with Crippen LogP contribution >= 0.6 is 15.9 Å². The molecule has 0 heterocycles. The van der Waals surface area contributed by atoms with Crippen molar-refractivity contribution in [2.75, 3.05) is 0 Å². The van der Waals surface area contributed by atoms with Gasteiger partial charge in [-0.1, -0.05) is 0 Å². The first-order valence-electron chi connectivity index (χ1n) is 2.88. The Morgan fingerprint density at radius 1 is 1.42 bits per heavy atom. The zero-order valence-corrected chi connectivity index (χ0v) is 7.26. The zero-order chi connectivity index (χ0) is 9.30. The van der Waals surface area contributed by atoms with Crippen LogP contribution in [-0.4, -0.2) is 10.2 Å². The van der Waals surface area contributed by atoms with E-state index in [1.165, 1.54) is 0 Å². The highest BCUT2D eigenvalue weighted by atomic mass is 79.9. The van der Waals surface area contributed by atoms with Gasteiger partial charge >= 0.3 is 0 Å². The SMILES string of the molecule is N#Cc1cc(Br)c(F)c(O)c1O. The predicted molar refractivity (Wildman–Crippen MR) is 42.1 cm³/mol. The maximum absolute atomic E-state index is 12.7. The molecule has 0 bridgehead atoms. The molecule has 0 unspecified atom stereocenters. The van der Waals surface area contributed by atoms with Crippen LogP contribution in [0.5, 0.6) is 11.5 Å². The van der Waals surface area contributed by atoms with Crippen LogP contribution in [0.25, 0.3) is 0 Å². The lowest BCUT2D eigenvalue weighted by Gasteiger charge is -2.01. The number of hydrogen-bond donors (Lipinski definition) is 2.